The molecule has 0 aliphatic rings. The van der Waals surface area contributed by atoms with Gasteiger partial charge in [0.05, 0.1) is 29.5 Å². The molecule has 1 heterocycles. The van der Waals surface area contributed by atoms with Gasteiger partial charge in [-0.25, -0.2) is 4.68 Å². The van der Waals surface area contributed by atoms with Crippen LogP contribution in [0.5, 0.6) is 11.5 Å². The fraction of sp³-hybridized carbons (Fsp3) is 0.318. The van der Waals surface area contributed by atoms with Crippen molar-refractivity contribution in [2.45, 2.75) is 33.5 Å². The van der Waals surface area contributed by atoms with Gasteiger partial charge in [-0.2, -0.15) is 13.9 Å². The molecule has 32 heavy (non-hydrogen) atoms. The monoisotopic (exact) mass is 446 g/mol. The summed E-state index contributed by atoms with van der Waals surface area (Å²) in [5, 5.41) is 16.2. The van der Waals surface area contributed by atoms with Gasteiger partial charge in [-0.15, -0.1) is 0 Å². The van der Waals surface area contributed by atoms with Crippen LogP contribution in [-0.2, 0) is 13.1 Å². The smallest absolute Gasteiger partial charge is 0.387 e. The van der Waals surface area contributed by atoms with E-state index in [4.69, 9.17) is 4.74 Å². The minimum Gasteiger partial charge on any atom is -0.493 e. The van der Waals surface area contributed by atoms with Gasteiger partial charge in [0, 0.05) is 29.9 Å². The highest BCUT2D eigenvalue weighted by Gasteiger charge is 2.23. The molecule has 10 heteroatoms. The van der Waals surface area contributed by atoms with Crippen molar-refractivity contribution in [3.63, 3.8) is 0 Å². The van der Waals surface area contributed by atoms with Crippen LogP contribution < -0.4 is 9.47 Å². The molecule has 0 saturated carbocycles. The quantitative estimate of drug-likeness (QED) is 0.352. The van der Waals surface area contributed by atoms with Crippen LogP contribution in [0.3, 0.4) is 0 Å². The SMILES string of the molecule is COc1cc(CN(C)Cc2c(C)nn(-c3ccccc3)c2C)c([N+](=O)[O-])cc1OC(F)F. The van der Waals surface area contributed by atoms with Gasteiger partial charge < -0.3 is 9.47 Å². The Balaban J connectivity index is 1.87. The second-order valence-corrected chi connectivity index (χ2v) is 7.34. The standard InChI is InChI=1S/C22H24F2N4O4/c1-14-18(15(2)27(25-14)17-8-6-5-7-9-17)13-26(3)12-16-10-20(31-4)21(32-22(23)24)11-19(16)28(29)30/h5-11,22H,12-13H2,1-4H3. The van der Waals surface area contributed by atoms with Crippen LogP contribution in [0.4, 0.5) is 14.5 Å². The van der Waals surface area contributed by atoms with Crippen LogP contribution in [0.25, 0.3) is 5.69 Å². The Morgan fingerprint density at radius 3 is 2.44 bits per heavy atom. The van der Waals surface area contributed by atoms with E-state index in [1.54, 1.807) is 0 Å². The van der Waals surface area contributed by atoms with E-state index in [9.17, 15) is 18.9 Å². The van der Waals surface area contributed by atoms with Crippen molar-refractivity contribution in [2.24, 2.45) is 0 Å². The topological polar surface area (TPSA) is 82.7 Å². The number of hydrogen-bond donors (Lipinski definition) is 0. The Labute approximate surface area is 184 Å². The molecule has 0 radical (unpaired) electrons. The third-order valence-electron chi connectivity index (χ3n) is 5.09. The van der Waals surface area contributed by atoms with Gasteiger partial charge in [-0.1, -0.05) is 18.2 Å². The maximum Gasteiger partial charge on any atom is 0.387 e. The lowest BCUT2D eigenvalue weighted by atomic mass is 10.1. The molecule has 0 N–H and O–H groups in total. The number of para-hydroxylation sites is 1. The molecule has 0 spiro atoms. The zero-order chi connectivity index (χ0) is 23.4. The molecular formula is C22H24F2N4O4. The number of rotatable bonds is 9. The predicted molar refractivity (Wildman–Crippen MR) is 114 cm³/mol. The summed E-state index contributed by atoms with van der Waals surface area (Å²) >= 11 is 0. The number of benzene rings is 2. The van der Waals surface area contributed by atoms with Crippen molar-refractivity contribution < 1.29 is 23.2 Å². The van der Waals surface area contributed by atoms with Crippen LogP contribution in [0.2, 0.25) is 0 Å². The molecule has 3 aromatic rings. The van der Waals surface area contributed by atoms with Crippen molar-refractivity contribution in [1.29, 1.82) is 0 Å². The van der Waals surface area contributed by atoms with E-state index in [1.165, 1.54) is 13.2 Å². The van der Waals surface area contributed by atoms with Crippen molar-refractivity contribution in [2.75, 3.05) is 14.2 Å². The summed E-state index contributed by atoms with van der Waals surface area (Å²) in [4.78, 5) is 12.8. The summed E-state index contributed by atoms with van der Waals surface area (Å²) in [6.07, 6.45) is 0. The third-order valence-corrected chi connectivity index (χ3v) is 5.09. The molecule has 0 saturated heterocycles. The lowest BCUT2D eigenvalue weighted by molar-refractivity contribution is -0.385. The lowest BCUT2D eigenvalue weighted by Gasteiger charge is -2.18. The van der Waals surface area contributed by atoms with E-state index in [-0.39, 0.29) is 23.7 Å². The number of aromatic nitrogens is 2. The highest BCUT2D eigenvalue weighted by atomic mass is 19.3. The summed E-state index contributed by atoms with van der Waals surface area (Å²) in [6.45, 7) is 1.44. The highest BCUT2D eigenvalue weighted by Crippen LogP contribution is 2.36. The molecule has 0 aliphatic carbocycles. The van der Waals surface area contributed by atoms with E-state index in [2.05, 4.69) is 9.84 Å². The van der Waals surface area contributed by atoms with Gasteiger partial charge in [0.1, 0.15) is 0 Å². The molecule has 0 aliphatic heterocycles. The molecule has 170 valence electrons. The maximum absolute atomic E-state index is 12.7. The number of alkyl halides is 2. The fourth-order valence-electron chi connectivity index (χ4n) is 3.58. The van der Waals surface area contributed by atoms with Crippen LogP contribution >= 0.6 is 0 Å². The summed E-state index contributed by atoms with van der Waals surface area (Å²) < 4.78 is 36.7. The van der Waals surface area contributed by atoms with Gasteiger partial charge in [-0.05, 0) is 39.1 Å². The molecule has 2 aromatic carbocycles. The van der Waals surface area contributed by atoms with Crippen LogP contribution in [0.15, 0.2) is 42.5 Å². The predicted octanol–water partition coefficient (Wildman–Crippen LogP) is 4.64. The molecule has 3 rings (SSSR count). The van der Waals surface area contributed by atoms with Gasteiger partial charge >= 0.3 is 6.61 Å². The average Bonchev–Trinajstić information content (AvgIpc) is 3.02. The average molecular weight is 446 g/mol. The summed E-state index contributed by atoms with van der Waals surface area (Å²) in [5.74, 6) is -0.375. The molecule has 0 fully saturated rings. The number of ether oxygens (including phenoxy) is 2. The van der Waals surface area contributed by atoms with Crippen LogP contribution in [-0.4, -0.2) is 40.4 Å². The Hall–Kier alpha value is -3.53. The van der Waals surface area contributed by atoms with E-state index in [1.807, 2.05) is 60.8 Å². The molecule has 0 amide bonds. The fourth-order valence-corrected chi connectivity index (χ4v) is 3.58. The Kier molecular flexibility index (Phi) is 7.04. The number of halogens is 2. The molecular weight excluding hydrogens is 422 g/mol. The second kappa shape index (κ2) is 9.73. The van der Waals surface area contributed by atoms with Gasteiger partial charge in [-0.3, -0.25) is 15.0 Å². The van der Waals surface area contributed by atoms with E-state index < -0.39 is 11.5 Å². The van der Waals surface area contributed by atoms with Crippen LogP contribution in [0.1, 0.15) is 22.5 Å². The first-order valence-electron chi connectivity index (χ1n) is 9.80. The largest absolute Gasteiger partial charge is 0.493 e. The molecule has 1 aromatic heterocycles. The minimum absolute atomic E-state index is 0.00329. The van der Waals surface area contributed by atoms with E-state index in [0.717, 1.165) is 28.7 Å². The summed E-state index contributed by atoms with van der Waals surface area (Å²) in [5.41, 5.74) is 3.77. The van der Waals surface area contributed by atoms with Crippen molar-refractivity contribution in [1.82, 2.24) is 14.7 Å². The van der Waals surface area contributed by atoms with Crippen LogP contribution in [0, 0.1) is 24.0 Å². The maximum atomic E-state index is 12.7. The summed E-state index contributed by atoms with van der Waals surface area (Å²) in [6, 6.07) is 12.1. The normalized spacial score (nSPS) is 11.2. The van der Waals surface area contributed by atoms with Gasteiger partial charge in [0.15, 0.2) is 11.5 Å². The Bertz CT molecular complexity index is 1100. The summed E-state index contributed by atoms with van der Waals surface area (Å²) in [7, 11) is 3.11. The highest BCUT2D eigenvalue weighted by molar-refractivity contribution is 5.54. The number of nitro groups is 1. The van der Waals surface area contributed by atoms with Crippen molar-refractivity contribution in [3.05, 3.63) is 75.1 Å². The van der Waals surface area contributed by atoms with Crippen molar-refractivity contribution >= 4 is 5.69 Å². The Morgan fingerprint density at radius 1 is 1.16 bits per heavy atom. The number of nitro benzene ring substituents is 1. The first kappa shape index (κ1) is 23.1. The third kappa shape index (κ3) is 5.02. The number of methoxy groups -OCH3 is 1. The zero-order valence-electron chi connectivity index (χ0n) is 18.2. The van der Waals surface area contributed by atoms with Crippen molar-refractivity contribution in [3.8, 4) is 17.2 Å². The number of nitrogens with zero attached hydrogens (tertiary/aromatic N) is 4. The molecule has 8 nitrogen and oxygen atoms in total. The molecule has 0 unspecified atom stereocenters. The number of aryl methyl sites for hydroxylation is 1. The van der Waals surface area contributed by atoms with Gasteiger partial charge in [0.25, 0.3) is 5.69 Å². The lowest BCUT2D eigenvalue weighted by Crippen LogP contribution is -2.19. The zero-order valence-corrected chi connectivity index (χ0v) is 18.2. The Morgan fingerprint density at radius 2 is 1.84 bits per heavy atom. The van der Waals surface area contributed by atoms with E-state index >= 15 is 0 Å². The molecule has 0 atom stereocenters. The van der Waals surface area contributed by atoms with E-state index in [0.29, 0.717) is 12.1 Å². The number of hydrogen-bond acceptors (Lipinski definition) is 6. The second-order valence-electron chi connectivity index (χ2n) is 7.34. The van der Waals surface area contributed by atoms with Gasteiger partial charge in [0.2, 0.25) is 0 Å². The molecule has 0 bridgehead atoms. The first-order chi connectivity index (χ1) is 15.2. The minimum atomic E-state index is -3.12. The first-order valence-corrected chi connectivity index (χ1v) is 9.80.